The van der Waals surface area contributed by atoms with Gasteiger partial charge in [-0.25, -0.2) is 0 Å². The lowest BCUT2D eigenvalue weighted by Crippen LogP contribution is -1.86. The molecule has 0 fully saturated rings. The van der Waals surface area contributed by atoms with Crippen LogP contribution in [-0.2, 0) is 9.47 Å². The fraction of sp³-hybridized carbons (Fsp3) is 0.714. The fourth-order valence-electron chi connectivity index (χ4n) is 0.201. The molecule has 2 nitrogen and oxygen atoms in total. The van der Waals surface area contributed by atoms with Gasteiger partial charge in [-0.2, -0.15) is 0 Å². The molecule has 0 aliphatic carbocycles. The molecule has 0 N–H and O–H groups in total. The van der Waals surface area contributed by atoms with E-state index in [0.717, 1.165) is 6.61 Å². The highest BCUT2D eigenvalue weighted by atomic mass is 16.5. The van der Waals surface area contributed by atoms with Crippen LogP contribution in [0.15, 0.2) is 12.7 Å². The molecule has 56 valence electrons. The topological polar surface area (TPSA) is 18.5 Å². The van der Waals surface area contributed by atoms with E-state index in [1.807, 2.05) is 6.92 Å². The molecule has 0 aliphatic rings. The summed E-state index contributed by atoms with van der Waals surface area (Å²) in [7, 11) is 3.25. The van der Waals surface area contributed by atoms with E-state index in [9.17, 15) is 0 Å². The Kier molecular flexibility index (Phi) is 19.9. The summed E-state index contributed by atoms with van der Waals surface area (Å²) < 4.78 is 9.11. The molecule has 0 bridgehead atoms. The zero-order valence-electron chi connectivity index (χ0n) is 6.52. The second-order valence-electron chi connectivity index (χ2n) is 1.36. The first-order valence-corrected chi connectivity index (χ1v) is 2.92. The van der Waals surface area contributed by atoms with Crippen molar-refractivity contribution < 1.29 is 9.47 Å². The van der Waals surface area contributed by atoms with Crippen LogP contribution in [0.1, 0.15) is 6.92 Å². The minimum Gasteiger partial charge on any atom is -0.388 e. The maximum absolute atomic E-state index is 4.86. The SMILES string of the molecule is C=CCOCC.COC. The highest BCUT2D eigenvalue weighted by Gasteiger charge is 1.67. The van der Waals surface area contributed by atoms with Gasteiger partial charge in [-0.1, -0.05) is 6.08 Å². The molecule has 0 amide bonds. The van der Waals surface area contributed by atoms with Gasteiger partial charge in [0.05, 0.1) is 6.61 Å². The molecule has 0 radical (unpaired) electrons. The molecular formula is C7H16O2. The first kappa shape index (κ1) is 11.5. The van der Waals surface area contributed by atoms with Gasteiger partial charge in [0.15, 0.2) is 0 Å². The van der Waals surface area contributed by atoms with E-state index in [-0.39, 0.29) is 0 Å². The van der Waals surface area contributed by atoms with Crippen LogP contribution in [0.25, 0.3) is 0 Å². The third-order valence-electron chi connectivity index (χ3n) is 0.440. The van der Waals surface area contributed by atoms with Gasteiger partial charge in [0.2, 0.25) is 0 Å². The number of rotatable bonds is 3. The standard InChI is InChI=1S/C5H10O.C2H6O/c1-3-5-6-4-2;1-3-2/h3H,1,4-5H2,2H3;1-2H3. The third-order valence-corrected chi connectivity index (χ3v) is 0.440. The van der Waals surface area contributed by atoms with E-state index in [4.69, 9.17) is 4.74 Å². The number of methoxy groups -OCH3 is 1. The Labute approximate surface area is 57.5 Å². The monoisotopic (exact) mass is 132 g/mol. The third kappa shape index (κ3) is 34.7. The van der Waals surface area contributed by atoms with Crippen molar-refractivity contribution in [2.24, 2.45) is 0 Å². The van der Waals surface area contributed by atoms with Crippen molar-refractivity contribution in [3.63, 3.8) is 0 Å². The maximum atomic E-state index is 4.86. The minimum atomic E-state index is 0.677. The van der Waals surface area contributed by atoms with Crippen molar-refractivity contribution in [3.8, 4) is 0 Å². The van der Waals surface area contributed by atoms with E-state index in [1.165, 1.54) is 0 Å². The van der Waals surface area contributed by atoms with Gasteiger partial charge in [0, 0.05) is 20.8 Å². The minimum absolute atomic E-state index is 0.677. The molecule has 0 saturated carbocycles. The van der Waals surface area contributed by atoms with Crippen LogP contribution in [0.5, 0.6) is 0 Å². The van der Waals surface area contributed by atoms with Gasteiger partial charge in [-0.05, 0) is 6.92 Å². The Morgan fingerprint density at radius 3 is 2.00 bits per heavy atom. The van der Waals surface area contributed by atoms with Gasteiger partial charge >= 0.3 is 0 Å². The predicted octanol–water partition coefficient (Wildman–Crippen LogP) is 1.47. The quantitative estimate of drug-likeness (QED) is 0.427. The van der Waals surface area contributed by atoms with E-state index in [0.29, 0.717) is 6.61 Å². The summed E-state index contributed by atoms with van der Waals surface area (Å²) in [6.07, 6.45) is 1.74. The zero-order chi connectivity index (χ0) is 7.54. The molecule has 2 heteroatoms. The Morgan fingerprint density at radius 1 is 1.44 bits per heavy atom. The lowest BCUT2D eigenvalue weighted by Gasteiger charge is -1.88. The van der Waals surface area contributed by atoms with Crippen LogP contribution in [-0.4, -0.2) is 27.4 Å². The second kappa shape index (κ2) is 15.6. The largest absolute Gasteiger partial charge is 0.388 e. The van der Waals surface area contributed by atoms with Crippen LogP contribution < -0.4 is 0 Å². The van der Waals surface area contributed by atoms with Crippen molar-refractivity contribution in [3.05, 3.63) is 12.7 Å². The van der Waals surface area contributed by atoms with E-state index in [1.54, 1.807) is 20.3 Å². The molecule has 0 aromatic heterocycles. The number of hydrogen-bond donors (Lipinski definition) is 0. The maximum Gasteiger partial charge on any atom is 0.0644 e. The summed E-state index contributed by atoms with van der Waals surface area (Å²) >= 11 is 0. The lowest BCUT2D eigenvalue weighted by molar-refractivity contribution is 0.178. The van der Waals surface area contributed by atoms with Crippen LogP contribution >= 0.6 is 0 Å². The molecule has 0 unspecified atom stereocenters. The summed E-state index contributed by atoms with van der Waals surface area (Å²) in [5.41, 5.74) is 0. The van der Waals surface area contributed by atoms with Crippen LogP contribution in [0.3, 0.4) is 0 Å². The first-order valence-electron chi connectivity index (χ1n) is 2.92. The highest BCUT2D eigenvalue weighted by molar-refractivity contribution is 4.62. The Hall–Kier alpha value is -0.340. The van der Waals surface area contributed by atoms with E-state index < -0.39 is 0 Å². The molecule has 9 heavy (non-hydrogen) atoms. The molecule has 0 rings (SSSR count). The normalized spacial score (nSPS) is 7.44. The molecular weight excluding hydrogens is 116 g/mol. The van der Waals surface area contributed by atoms with E-state index >= 15 is 0 Å². The van der Waals surface area contributed by atoms with Crippen LogP contribution in [0, 0.1) is 0 Å². The Bertz CT molecular complexity index is 44.2. The highest BCUT2D eigenvalue weighted by Crippen LogP contribution is 1.69. The Balaban J connectivity index is 0. The second-order valence-corrected chi connectivity index (χ2v) is 1.36. The number of hydrogen-bond acceptors (Lipinski definition) is 2. The van der Waals surface area contributed by atoms with Crippen molar-refractivity contribution in [1.82, 2.24) is 0 Å². The summed E-state index contributed by atoms with van der Waals surface area (Å²) in [6, 6.07) is 0. The summed E-state index contributed by atoms with van der Waals surface area (Å²) in [6.45, 7) is 6.90. The van der Waals surface area contributed by atoms with Gasteiger partial charge < -0.3 is 9.47 Å². The molecule has 0 atom stereocenters. The fourth-order valence-corrected chi connectivity index (χ4v) is 0.201. The van der Waals surface area contributed by atoms with Crippen molar-refractivity contribution in [2.45, 2.75) is 6.92 Å². The molecule has 0 saturated heterocycles. The molecule has 0 aromatic rings. The predicted molar refractivity (Wildman–Crippen MR) is 39.6 cm³/mol. The molecule has 0 spiro atoms. The zero-order valence-corrected chi connectivity index (χ0v) is 6.52. The van der Waals surface area contributed by atoms with Gasteiger partial charge in [-0.3, -0.25) is 0 Å². The van der Waals surface area contributed by atoms with Crippen molar-refractivity contribution >= 4 is 0 Å². The van der Waals surface area contributed by atoms with Crippen molar-refractivity contribution in [2.75, 3.05) is 27.4 Å². The average Bonchev–Trinajstić information content (AvgIpc) is 1.86. The average molecular weight is 132 g/mol. The van der Waals surface area contributed by atoms with Crippen LogP contribution in [0.2, 0.25) is 0 Å². The summed E-state index contributed by atoms with van der Waals surface area (Å²) in [5.74, 6) is 0. The molecule has 0 heterocycles. The smallest absolute Gasteiger partial charge is 0.0644 e. The Morgan fingerprint density at radius 2 is 1.89 bits per heavy atom. The first-order chi connectivity index (χ1) is 4.33. The number of ether oxygens (including phenoxy) is 2. The van der Waals surface area contributed by atoms with E-state index in [2.05, 4.69) is 11.3 Å². The molecule has 0 aromatic carbocycles. The van der Waals surface area contributed by atoms with Gasteiger partial charge in [0.1, 0.15) is 0 Å². The summed E-state index contributed by atoms with van der Waals surface area (Å²) in [4.78, 5) is 0. The molecule has 0 aliphatic heterocycles. The van der Waals surface area contributed by atoms with Gasteiger partial charge in [0.25, 0.3) is 0 Å². The van der Waals surface area contributed by atoms with Crippen LogP contribution in [0.4, 0.5) is 0 Å². The lowest BCUT2D eigenvalue weighted by atomic mass is 10.7. The summed E-state index contributed by atoms with van der Waals surface area (Å²) in [5, 5.41) is 0. The van der Waals surface area contributed by atoms with Gasteiger partial charge in [-0.15, -0.1) is 6.58 Å². The van der Waals surface area contributed by atoms with Crippen molar-refractivity contribution in [1.29, 1.82) is 0 Å².